The predicted molar refractivity (Wildman–Crippen MR) is 62.2 cm³/mol. The van der Waals surface area contributed by atoms with Crippen molar-refractivity contribution < 1.29 is 13.9 Å². The average Bonchev–Trinajstić information content (AvgIpc) is 2.24. The first-order valence-corrected chi connectivity index (χ1v) is 5.72. The third-order valence-electron chi connectivity index (χ3n) is 2.09. The van der Waals surface area contributed by atoms with Gasteiger partial charge < -0.3 is 9.47 Å². The zero-order chi connectivity index (χ0) is 12.0. The maximum atomic E-state index is 12.9. The molecule has 0 atom stereocenters. The smallest absolute Gasteiger partial charge is 0.161 e. The monoisotopic (exact) mass is 246 g/mol. The normalized spacial score (nSPS) is 11.1. The van der Waals surface area contributed by atoms with Crippen LogP contribution in [0.15, 0.2) is 18.2 Å². The maximum absolute atomic E-state index is 12.9. The molecular formula is C12H16ClFO2. The lowest BCUT2D eigenvalue weighted by Gasteiger charge is -2.16. The van der Waals surface area contributed by atoms with Gasteiger partial charge in [-0.15, -0.1) is 0 Å². The Morgan fingerprint density at radius 1 is 1.25 bits per heavy atom. The quantitative estimate of drug-likeness (QED) is 0.716. The van der Waals surface area contributed by atoms with Crippen LogP contribution in [0, 0.1) is 5.82 Å². The number of ether oxygens (including phenoxy) is 2. The van der Waals surface area contributed by atoms with Gasteiger partial charge in [0.15, 0.2) is 6.29 Å². The van der Waals surface area contributed by atoms with E-state index in [0.29, 0.717) is 19.6 Å². The van der Waals surface area contributed by atoms with E-state index in [4.69, 9.17) is 21.1 Å². The summed E-state index contributed by atoms with van der Waals surface area (Å²) in [6.07, 6.45) is 0.276. The van der Waals surface area contributed by atoms with E-state index in [-0.39, 0.29) is 11.3 Å². The van der Waals surface area contributed by atoms with Crippen LogP contribution in [0.5, 0.6) is 0 Å². The molecule has 90 valence electrons. The van der Waals surface area contributed by atoms with Gasteiger partial charge in [0.2, 0.25) is 0 Å². The molecule has 2 nitrogen and oxygen atoms in total. The molecular weight excluding hydrogens is 231 g/mol. The van der Waals surface area contributed by atoms with E-state index in [1.807, 2.05) is 13.8 Å². The van der Waals surface area contributed by atoms with Gasteiger partial charge in [-0.2, -0.15) is 0 Å². The van der Waals surface area contributed by atoms with E-state index in [1.54, 1.807) is 12.1 Å². The molecule has 4 heteroatoms. The average molecular weight is 247 g/mol. The SMILES string of the molecule is CCOC(Cc1ccc(F)c(Cl)c1)OCC. The second-order valence-electron chi connectivity index (χ2n) is 3.29. The van der Waals surface area contributed by atoms with Gasteiger partial charge >= 0.3 is 0 Å². The summed E-state index contributed by atoms with van der Waals surface area (Å²) in [6.45, 7) is 4.98. The van der Waals surface area contributed by atoms with Crippen molar-refractivity contribution in [2.24, 2.45) is 0 Å². The summed E-state index contributed by atoms with van der Waals surface area (Å²) in [4.78, 5) is 0. The van der Waals surface area contributed by atoms with Crippen LogP contribution in [0.1, 0.15) is 19.4 Å². The third kappa shape index (κ3) is 4.08. The Bertz CT molecular complexity index is 325. The molecule has 0 unspecified atom stereocenters. The van der Waals surface area contributed by atoms with Crippen molar-refractivity contribution in [2.45, 2.75) is 26.6 Å². The lowest BCUT2D eigenvalue weighted by Crippen LogP contribution is -2.20. The highest BCUT2D eigenvalue weighted by Crippen LogP contribution is 2.17. The molecule has 1 aromatic carbocycles. The second kappa shape index (κ2) is 6.84. The van der Waals surface area contributed by atoms with Crippen LogP contribution in [0.3, 0.4) is 0 Å². The largest absolute Gasteiger partial charge is 0.353 e. The molecule has 0 bridgehead atoms. The van der Waals surface area contributed by atoms with E-state index in [1.165, 1.54) is 6.07 Å². The Labute approximate surface area is 100 Å². The van der Waals surface area contributed by atoms with Gasteiger partial charge in [-0.1, -0.05) is 17.7 Å². The molecule has 16 heavy (non-hydrogen) atoms. The molecule has 1 aromatic rings. The summed E-state index contributed by atoms with van der Waals surface area (Å²) in [5.74, 6) is -0.408. The van der Waals surface area contributed by atoms with Gasteiger partial charge in [0.1, 0.15) is 5.82 Å². The van der Waals surface area contributed by atoms with E-state index < -0.39 is 5.82 Å². The van der Waals surface area contributed by atoms with Gasteiger partial charge in [-0.25, -0.2) is 4.39 Å². The number of rotatable bonds is 6. The van der Waals surface area contributed by atoms with Gasteiger partial charge in [0.25, 0.3) is 0 Å². The molecule has 0 aliphatic rings. The van der Waals surface area contributed by atoms with Crippen molar-refractivity contribution in [1.29, 1.82) is 0 Å². The van der Waals surface area contributed by atoms with Crippen molar-refractivity contribution in [1.82, 2.24) is 0 Å². The van der Waals surface area contributed by atoms with Crippen molar-refractivity contribution in [3.63, 3.8) is 0 Å². The van der Waals surface area contributed by atoms with E-state index in [0.717, 1.165) is 5.56 Å². The first-order valence-electron chi connectivity index (χ1n) is 5.34. The predicted octanol–water partition coefficient (Wildman–Crippen LogP) is 3.42. The van der Waals surface area contributed by atoms with Crippen molar-refractivity contribution in [3.05, 3.63) is 34.6 Å². The fourth-order valence-corrected chi connectivity index (χ4v) is 1.60. The van der Waals surface area contributed by atoms with Crippen molar-refractivity contribution >= 4 is 11.6 Å². The summed E-state index contributed by atoms with van der Waals surface area (Å²) < 4.78 is 23.7. The van der Waals surface area contributed by atoms with E-state index >= 15 is 0 Å². The van der Waals surface area contributed by atoms with Gasteiger partial charge in [0, 0.05) is 19.6 Å². The number of hydrogen-bond acceptors (Lipinski definition) is 2. The number of benzene rings is 1. The first-order chi connectivity index (χ1) is 7.67. The second-order valence-corrected chi connectivity index (χ2v) is 3.70. The molecule has 0 saturated heterocycles. The molecule has 1 rings (SSSR count). The highest BCUT2D eigenvalue weighted by molar-refractivity contribution is 6.30. The number of hydrogen-bond donors (Lipinski definition) is 0. The Hall–Kier alpha value is -0.640. The molecule has 0 N–H and O–H groups in total. The van der Waals surface area contributed by atoms with Crippen LogP contribution in [-0.4, -0.2) is 19.5 Å². The maximum Gasteiger partial charge on any atom is 0.161 e. The Kier molecular flexibility index (Phi) is 5.74. The van der Waals surface area contributed by atoms with Crippen molar-refractivity contribution in [3.8, 4) is 0 Å². The Morgan fingerprint density at radius 3 is 2.38 bits per heavy atom. The zero-order valence-electron chi connectivity index (χ0n) is 9.50. The minimum atomic E-state index is -0.408. The molecule has 0 aliphatic carbocycles. The van der Waals surface area contributed by atoms with Crippen molar-refractivity contribution in [2.75, 3.05) is 13.2 Å². The molecule has 0 amide bonds. The Balaban J connectivity index is 2.65. The molecule has 0 radical (unpaired) electrons. The lowest BCUT2D eigenvalue weighted by atomic mass is 10.1. The fourth-order valence-electron chi connectivity index (χ4n) is 1.40. The number of halogens is 2. The molecule has 0 heterocycles. The zero-order valence-corrected chi connectivity index (χ0v) is 10.3. The minimum Gasteiger partial charge on any atom is -0.353 e. The van der Waals surface area contributed by atoms with E-state index in [2.05, 4.69) is 0 Å². The van der Waals surface area contributed by atoms with E-state index in [9.17, 15) is 4.39 Å². The van der Waals surface area contributed by atoms with Gasteiger partial charge in [-0.3, -0.25) is 0 Å². The van der Waals surface area contributed by atoms with Crippen LogP contribution in [0.25, 0.3) is 0 Å². The molecule has 0 aliphatic heterocycles. The fraction of sp³-hybridized carbons (Fsp3) is 0.500. The van der Waals surface area contributed by atoms with Gasteiger partial charge in [-0.05, 0) is 31.5 Å². The van der Waals surface area contributed by atoms with Crippen LogP contribution >= 0.6 is 11.6 Å². The topological polar surface area (TPSA) is 18.5 Å². The third-order valence-corrected chi connectivity index (χ3v) is 2.38. The lowest BCUT2D eigenvalue weighted by molar-refractivity contribution is -0.134. The summed E-state index contributed by atoms with van der Waals surface area (Å²) >= 11 is 5.69. The minimum absolute atomic E-state index is 0.129. The van der Waals surface area contributed by atoms with Crippen LogP contribution < -0.4 is 0 Å². The summed E-state index contributed by atoms with van der Waals surface area (Å²) in [5.41, 5.74) is 0.901. The standard InChI is InChI=1S/C12H16ClFO2/c1-3-15-12(16-4-2)8-9-5-6-11(14)10(13)7-9/h5-7,12H,3-4,8H2,1-2H3. The van der Waals surface area contributed by atoms with Crippen LogP contribution in [0.2, 0.25) is 5.02 Å². The van der Waals surface area contributed by atoms with Gasteiger partial charge in [0.05, 0.1) is 5.02 Å². The Morgan fingerprint density at radius 2 is 1.88 bits per heavy atom. The molecule has 0 spiro atoms. The van der Waals surface area contributed by atoms with Crippen LogP contribution in [0.4, 0.5) is 4.39 Å². The molecule has 0 saturated carbocycles. The van der Waals surface area contributed by atoms with Crippen LogP contribution in [-0.2, 0) is 15.9 Å². The highest BCUT2D eigenvalue weighted by Gasteiger charge is 2.10. The molecule has 0 aromatic heterocycles. The summed E-state index contributed by atoms with van der Waals surface area (Å²) in [7, 11) is 0. The summed E-state index contributed by atoms with van der Waals surface area (Å²) in [6, 6.07) is 4.64. The highest BCUT2D eigenvalue weighted by atomic mass is 35.5. The summed E-state index contributed by atoms with van der Waals surface area (Å²) in [5, 5.41) is 0.129. The first kappa shape index (κ1) is 13.4. The molecule has 0 fully saturated rings.